The fourth-order valence-electron chi connectivity index (χ4n) is 3.17. The molecule has 6 nitrogen and oxygen atoms in total. The zero-order chi connectivity index (χ0) is 23.3. The summed E-state index contributed by atoms with van der Waals surface area (Å²) < 4.78 is 0. The molecule has 2 heterocycles. The van der Waals surface area contributed by atoms with Gasteiger partial charge in [0, 0.05) is 35.1 Å². The van der Waals surface area contributed by atoms with E-state index in [9.17, 15) is 10.2 Å². The molecule has 7 heteroatoms. The molecule has 0 bridgehead atoms. The zero-order valence-corrected chi connectivity index (χ0v) is 19.6. The third-order valence-electron chi connectivity index (χ3n) is 4.62. The van der Waals surface area contributed by atoms with Gasteiger partial charge in [0.05, 0.1) is 22.8 Å². The summed E-state index contributed by atoms with van der Waals surface area (Å²) in [6.45, 7) is 5.00. The summed E-state index contributed by atoms with van der Waals surface area (Å²) in [6.07, 6.45) is 0. The zero-order valence-electron chi connectivity index (χ0n) is 18.5. The summed E-state index contributed by atoms with van der Waals surface area (Å²) >= 11 is 0. The van der Waals surface area contributed by atoms with Crippen molar-refractivity contribution in [3.05, 3.63) is 83.9 Å². The van der Waals surface area contributed by atoms with Gasteiger partial charge in [-0.2, -0.15) is 0 Å². The quantitative estimate of drug-likeness (QED) is 0.328. The predicted molar refractivity (Wildman–Crippen MR) is 124 cm³/mol. The Morgan fingerprint density at radius 3 is 1.67 bits per heavy atom. The molecule has 3 N–H and O–H groups in total. The van der Waals surface area contributed by atoms with Crippen LogP contribution in [0.1, 0.15) is 18.1 Å². The van der Waals surface area contributed by atoms with Crippen LogP contribution >= 0.6 is 0 Å². The number of phenolic OH excluding ortho intramolecular Hbond substituents is 2. The number of carboxylic acid groups (broad SMARTS) is 1. The number of hydrogen-bond acceptors (Lipinski definition) is 5. The van der Waals surface area contributed by atoms with Crippen molar-refractivity contribution >= 4 is 5.97 Å². The number of carboxylic acids is 1. The topological polar surface area (TPSA) is 104 Å². The molecule has 0 amide bonds. The van der Waals surface area contributed by atoms with E-state index >= 15 is 0 Å². The molecule has 4 aromatic rings. The monoisotopic (exact) mass is 483 g/mol. The molecule has 0 unspecified atom stereocenters. The summed E-state index contributed by atoms with van der Waals surface area (Å²) in [5.74, 6) is -0.433. The number of aromatic nitrogens is 2. The molecule has 33 heavy (non-hydrogen) atoms. The summed E-state index contributed by atoms with van der Waals surface area (Å²) in [5, 5.41) is 27.9. The third-order valence-corrected chi connectivity index (χ3v) is 4.62. The van der Waals surface area contributed by atoms with E-state index in [2.05, 4.69) is 0 Å². The van der Waals surface area contributed by atoms with Crippen LogP contribution in [-0.2, 0) is 21.9 Å². The number of benzene rings is 2. The van der Waals surface area contributed by atoms with Crippen molar-refractivity contribution in [1.82, 2.24) is 9.97 Å². The molecule has 0 saturated carbocycles. The predicted octanol–water partition coefficient (Wildman–Crippen LogP) is 5.59. The summed E-state index contributed by atoms with van der Waals surface area (Å²) in [6, 6.07) is 22.3. The van der Waals surface area contributed by atoms with Gasteiger partial charge in [-0.05, 0) is 67.9 Å². The maximum absolute atomic E-state index is 10.3. The Morgan fingerprint density at radius 1 is 0.667 bits per heavy atom. The van der Waals surface area contributed by atoms with Crippen LogP contribution in [0.2, 0.25) is 0 Å². The summed E-state index contributed by atoms with van der Waals surface area (Å²) in [4.78, 5) is 18.4. The van der Waals surface area contributed by atoms with Crippen molar-refractivity contribution in [2.24, 2.45) is 0 Å². The first-order valence-electron chi connectivity index (χ1n) is 9.98. The molecule has 0 aliphatic heterocycles. The molecule has 0 saturated heterocycles. The standard InChI is InChI=1S/C24H20N2O2.C2H4O2.Mn/c1-15-10-12-23(27)18(13-15)20-6-4-8-22(26-20)21-7-3-5-19(25-21)17-11-9-16(2)14-24(17)28;1-2(3)4;/h3-14,27-28H,1-2H3;1H3,(H,3,4);. The fourth-order valence-corrected chi connectivity index (χ4v) is 3.17. The Morgan fingerprint density at radius 2 is 1.12 bits per heavy atom. The Bertz CT molecular complexity index is 1270. The smallest absolute Gasteiger partial charge is 0.300 e. The average Bonchev–Trinajstić information content (AvgIpc) is 2.75. The maximum Gasteiger partial charge on any atom is 0.300 e. The molecule has 0 fully saturated rings. The van der Waals surface area contributed by atoms with Crippen LogP contribution in [-0.4, -0.2) is 31.3 Å². The van der Waals surface area contributed by atoms with Gasteiger partial charge in [0.25, 0.3) is 5.97 Å². The van der Waals surface area contributed by atoms with Crippen LogP contribution < -0.4 is 0 Å². The van der Waals surface area contributed by atoms with Crippen LogP contribution in [0.25, 0.3) is 33.9 Å². The van der Waals surface area contributed by atoms with Crippen LogP contribution in [0.4, 0.5) is 0 Å². The molecule has 169 valence electrons. The Balaban J connectivity index is 0.000000714. The van der Waals surface area contributed by atoms with E-state index in [1.165, 1.54) is 0 Å². The number of aromatic hydroxyl groups is 2. The molecule has 2 aromatic carbocycles. The van der Waals surface area contributed by atoms with Gasteiger partial charge < -0.3 is 15.3 Å². The molecule has 2 aromatic heterocycles. The van der Waals surface area contributed by atoms with Crippen LogP contribution in [0.15, 0.2) is 72.8 Å². The van der Waals surface area contributed by atoms with Gasteiger partial charge in [0.15, 0.2) is 0 Å². The second-order valence-electron chi connectivity index (χ2n) is 7.38. The van der Waals surface area contributed by atoms with Gasteiger partial charge in [-0.15, -0.1) is 0 Å². The number of aliphatic carboxylic acids is 1. The molecule has 1 radical (unpaired) electrons. The van der Waals surface area contributed by atoms with E-state index < -0.39 is 5.97 Å². The molecule has 0 spiro atoms. The fraction of sp³-hybridized carbons (Fsp3) is 0.115. The largest absolute Gasteiger partial charge is 0.507 e. The minimum absolute atomic E-state index is 0. The summed E-state index contributed by atoms with van der Waals surface area (Å²) in [7, 11) is 0. The first kappa shape index (κ1) is 25.6. The van der Waals surface area contributed by atoms with Crippen molar-refractivity contribution in [1.29, 1.82) is 0 Å². The first-order valence-corrected chi connectivity index (χ1v) is 9.98. The van der Waals surface area contributed by atoms with E-state index in [1.807, 2.05) is 74.5 Å². The van der Waals surface area contributed by atoms with Crippen LogP contribution in [0.5, 0.6) is 11.5 Å². The van der Waals surface area contributed by atoms with E-state index in [1.54, 1.807) is 12.1 Å². The molecular formula is C26H24MnN2O4. The molecule has 4 rings (SSSR count). The summed E-state index contributed by atoms with van der Waals surface area (Å²) in [5.41, 5.74) is 6.18. The first-order chi connectivity index (χ1) is 15.2. The normalized spacial score (nSPS) is 9.91. The minimum atomic E-state index is -0.833. The van der Waals surface area contributed by atoms with Gasteiger partial charge in [-0.25, -0.2) is 9.97 Å². The number of hydrogen-bond donors (Lipinski definition) is 3. The van der Waals surface area contributed by atoms with Crippen molar-refractivity contribution in [3.8, 4) is 45.4 Å². The number of aryl methyl sites for hydroxylation is 2. The second-order valence-corrected chi connectivity index (χ2v) is 7.38. The van der Waals surface area contributed by atoms with E-state index in [-0.39, 0.29) is 28.6 Å². The molecule has 0 aliphatic rings. The third kappa shape index (κ3) is 6.65. The van der Waals surface area contributed by atoms with Crippen molar-refractivity contribution < 1.29 is 37.2 Å². The number of rotatable bonds is 3. The number of pyridine rings is 2. The SMILES string of the molecule is CC(=O)O.Cc1ccc(-c2cccc(-c3cccc(-c4cc(C)ccc4O)n3)n2)c(O)c1.[Mn]. The number of phenols is 2. The van der Waals surface area contributed by atoms with Gasteiger partial charge in [0.2, 0.25) is 0 Å². The Hall–Kier alpha value is -3.67. The Labute approximate surface area is 203 Å². The maximum atomic E-state index is 10.3. The van der Waals surface area contributed by atoms with Crippen molar-refractivity contribution in [2.45, 2.75) is 20.8 Å². The number of carbonyl (C=O) groups is 1. The number of nitrogens with zero attached hydrogens (tertiary/aromatic N) is 2. The van der Waals surface area contributed by atoms with E-state index in [0.29, 0.717) is 33.9 Å². The average molecular weight is 483 g/mol. The van der Waals surface area contributed by atoms with E-state index in [4.69, 9.17) is 19.9 Å². The van der Waals surface area contributed by atoms with Gasteiger partial charge >= 0.3 is 0 Å². The molecule has 0 aliphatic carbocycles. The van der Waals surface area contributed by atoms with Gasteiger partial charge in [0.1, 0.15) is 11.5 Å². The Kier molecular flexibility index (Phi) is 8.74. The van der Waals surface area contributed by atoms with Gasteiger partial charge in [-0.3, -0.25) is 4.79 Å². The van der Waals surface area contributed by atoms with Crippen molar-refractivity contribution in [2.75, 3.05) is 0 Å². The molecular weight excluding hydrogens is 459 g/mol. The second kappa shape index (κ2) is 11.3. The van der Waals surface area contributed by atoms with E-state index in [0.717, 1.165) is 18.1 Å². The van der Waals surface area contributed by atoms with Crippen LogP contribution in [0.3, 0.4) is 0 Å². The van der Waals surface area contributed by atoms with Crippen LogP contribution in [0, 0.1) is 13.8 Å². The molecule has 0 atom stereocenters. The minimum Gasteiger partial charge on any atom is -0.507 e. The van der Waals surface area contributed by atoms with Crippen molar-refractivity contribution in [3.63, 3.8) is 0 Å². The van der Waals surface area contributed by atoms with Gasteiger partial charge in [-0.1, -0.05) is 29.8 Å².